The van der Waals surface area contributed by atoms with E-state index < -0.39 is 5.91 Å². The minimum atomic E-state index is -0.402. The van der Waals surface area contributed by atoms with Gasteiger partial charge in [0, 0.05) is 11.6 Å². The predicted molar refractivity (Wildman–Crippen MR) is 84.0 cm³/mol. The smallest absolute Gasteiger partial charge is 0.248 e. The molecule has 2 aromatic rings. The molecule has 5 nitrogen and oxygen atoms in total. The highest BCUT2D eigenvalue weighted by atomic mass is 16.3. The summed E-state index contributed by atoms with van der Waals surface area (Å²) in [5, 5.41) is 21.2. The SMILES string of the molecule is Cc1ccc(C=O)c(NC(=O)/C=C/c2ccc(O)c(O)c2)c1. The summed E-state index contributed by atoms with van der Waals surface area (Å²) < 4.78 is 0. The van der Waals surface area contributed by atoms with E-state index in [9.17, 15) is 19.8 Å². The molecule has 3 N–H and O–H groups in total. The summed E-state index contributed by atoms with van der Waals surface area (Å²) in [5.74, 6) is -0.886. The zero-order valence-electron chi connectivity index (χ0n) is 11.9. The molecule has 0 spiro atoms. The Morgan fingerprint density at radius 3 is 2.55 bits per heavy atom. The highest BCUT2D eigenvalue weighted by Crippen LogP contribution is 2.25. The van der Waals surface area contributed by atoms with Gasteiger partial charge in [0.1, 0.15) is 0 Å². The van der Waals surface area contributed by atoms with Crippen molar-refractivity contribution in [2.75, 3.05) is 5.32 Å². The maximum atomic E-state index is 11.9. The molecular formula is C17H15NO4. The molecule has 0 saturated carbocycles. The van der Waals surface area contributed by atoms with Crippen LogP contribution in [0.25, 0.3) is 6.08 Å². The molecule has 1 amide bonds. The molecule has 0 bridgehead atoms. The number of phenolic OH excluding ortho intramolecular Hbond substituents is 2. The van der Waals surface area contributed by atoms with Gasteiger partial charge in [-0.25, -0.2) is 0 Å². The van der Waals surface area contributed by atoms with E-state index in [1.54, 1.807) is 24.3 Å². The predicted octanol–water partition coefficient (Wildman–Crippen LogP) is 2.87. The summed E-state index contributed by atoms with van der Waals surface area (Å²) in [5.41, 5.74) is 2.33. The molecule has 0 unspecified atom stereocenters. The zero-order chi connectivity index (χ0) is 16.1. The van der Waals surface area contributed by atoms with Crippen LogP contribution in [0.5, 0.6) is 11.5 Å². The maximum absolute atomic E-state index is 11.9. The lowest BCUT2D eigenvalue weighted by molar-refractivity contribution is -0.111. The Hall–Kier alpha value is -3.08. The van der Waals surface area contributed by atoms with Gasteiger partial charge in [-0.3, -0.25) is 9.59 Å². The van der Waals surface area contributed by atoms with Crippen LogP contribution in [0.4, 0.5) is 5.69 Å². The summed E-state index contributed by atoms with van der Waals surface area (Å²) in [6.45, 7) is 1.86. The monoisotopic (exact) mass is 297 g/mol. The van der Waals surface area contributed by atoms with Crippen LogP contribution in [0.15, 0.2) is 42.5 Å². The third-order valence-corrected chi connectivity index (χ3v) is 3.02. The van der Waals surface area contributed by atoms with Crippen molar-refractivity contribution in [2.24, 2.45) is 0 Å². The minimum Gasteiger partial charge on any atom is -0.504 e. The van der Waals surface area contributed by atoms with Crippen LogP contribution in [-0.2, 0) is 4.79 Å². The highest BCUT2D eigenvalue weighted by Gasteiger charge is 2.05. The van der Waals surface area contributed by atoms with Gasteiger partial charge in [0.05, 0.1) is 5.69 Å². The first-order valence-electron chi connectivity index (χ1n) is 6.56. The molecule has 2 aromatic carbocycles. The molecular weight excluding hydrogens is 282 g/mol. The van der Waals surface area contributed by atoms with Crippen LogP contribution in [0.1, 0.15) is 21.5 Å². The standard InChI is InChI=1S/C17H15NO4/c1-11-2-5-13(10-19)14(8-11)18-17(22)7-4-12-3-6-15(20)16(21)9-12/h2-10,20-21H,1H3,(H,18,22)/b7-4+. The van der Waals surface area contributed by atoms with Gasteiger partial charge >= 0.3 is 0 Å². The molecule has 0 fully saturated rings. The van der Waals surface area contributed by atoms with Gasteiger partial charge in [-0.1, -0.05) is 12.1 Å². The number of anilines is 1. The van der Waals surface area contributed by atoms with Crippen LogP contribution in [0, 0.1) is 6.92 Å². The third kappa shape index (κ3) is 3.73. The number of aryl methyl sites for hydroxylation is 1. The zero-order valence-corrected chi connectivity index (χ0v) is 11.9. The summed E-state index contributed by atoms with van der Waals surface area (Å²) >= 11 is 0. The van der Waals surface area contributed by atoms with Gasteiger partial charge < -0.3 is 15.5 Å². The van der Waals surface area contributed by atoms with Crippen LogP contribution in [0.2, 0.25) is 0 Å². The molecule has 0 aliphatic carbocycles. The summed E-state index contributed by atoms with van der Waals surface area (Å²) in [6, 6.07) is 9.36. The quantitative estimate of drug-likeness (QED) is 0.460. The Bertz CT molecular complexity index is 750. The highest BCUT2D eigenvalue weighted by molar-refractivity contribution is 6.04. The van der Waals surface area contributed by atoms with Crippen LogP contribution >= 0.6 is 0 Å². The maximum Gasteiger partial charge on any atom is 0.248 e. The second kappa shape index (κ2) is 6.58. The van der Waals surface area contributed by atoms with E-state index in [4.69, 9.17) is 0 Å². The van der Waals surface area contributed by atoms with Gasteiger partial charge in [-0.15, -0.1) is 0 Å². The Morgan fingerprint density at radius 2 is 1.86 bits per heavy atom. The van der Waals surface area contributed by atoms with E-state index in [0.29, 0.717) is 23.1 Å². The van der Waals surface area contributed by atoms with E-state index in [1.165, 1.54) is 24.3 Å². The van der Waals surface area contributed by atoms with E-state index >= 15 is 0 Å². The topological polar surface area (TPSA) is 86.6 Å². The van der Waals surface area contributed by atoms with Crippen molar-refractivity contribution in [3.63, 3.8) is 0 Å². The normalized spacial score (nSPS) is 10.6. The lowest BCUT2D eigenvalue weighted by Gasteiger charge is -2.06. The molecule has 0 atom stereocenters. The van der Waals surface area contributed by atoms with Crippen molar-refractivity contribution in [1.82, 2.24) is 0 Å². The second-order valence-corrected chi connectivity index (χ2v) is 4.78. The fourth-order valence-electron chi connectivity index (χ4n) is 1.87. The van der Waals surface area contributed by atoms with Crippen molar-refractivity contribution in [3.8, 4) is 11.5 Å². The first-order valence-corrected chi connectivity index (χ1v) is 6.56. The molecule has 0 aliphatic rings. The van der Waals surface area contributed by atoms with Crippen molar-refractivity contribution < 1.29 is 19.8 Å². The number of rotatable bonds is 4. The number of carbonyl (C=O) groups is 2. The molecule has 0 radical (unpaired) electrons. The molecule has 112 valence electrons. The Balaban J connectivity index is 2.12. The van der Waals surface area contributed by atoms with Crippen LogP contribution < -0.4 is 5.32 Å². The van der Waals surface area contributed by atoms with E-state index in [-0.39, 0.29) is 11.5 Å². The van der Waals surface area contributed by atoms with Gasteiger partial charge in [-0.05, 0) is 48.4 Å². The summed E-state index contributed by atoms with van der Waals surface area (Å²) in [4.78, 5) is 22.8. The number of phenols is 2. The average Bonchev–Trinajstić information content (AvgIpc) is 2.49. The number of amides is 1. The van der Waals surface area contributed by atoms with Gasteiger partial charge in [0.25, 0.3) is 0 Å². The van der Waals surface area contributed by atoms with Crippen molar-refractivity contribution >= 4 is 24.0 Å². The fourth-order valence-corrected chi connectivity index (χ4v) is 1.87. The van der Waals surface area contributed by atoms with Gasteiger partial charge in [0.15, 0.2) is 17.8 Å². The minimum absolute atomic E-state index is 0.225. The van der Waals surface area contributed by atoms with Crippen molar-refractivity contribution in [3.05, 3.63) is 59.2 Å². The Kier molecular flexibility index (Phi) is 4.58. The van der Waals surface area contributed by atoms with Crippen LogP contribution in [0.3, 0.4) is 0 Å². The molecule has 22 heavy (non-hydrogen) atoms. The molecule has 2 rings (SSSR count). The number of hydrogen-bond donors (Lipinski definition) is 3. The van der Waals surface area contributed by atoms with E-state index in [2.05, 4.69) is 5.32 Å². The number of carbonyl (C=O) groups excluding carboxylic acids is 2. The van der Waals surface area contributed by atoms with Crippen molar-refractivity contribution in [1.29, 1.82) is 0 Å². The van der Waals surface area contributed by atoms with Crippen molar-refractivity contribution in [2.45, 2.75) is 6.92 Å². The second-order valence-electron chi connectivity index (χ2n) is 4.78. The molecule has 0 saturated heterocycles. The largest absolute Gasteiger partial charge is 0.504 e. The Labute approximate surface area is 127 Å². The third-order valence-electron chi connectivity index (χ3n) is 3.02. The first kappa shape index (κ1) is 15.3. The van der Waals surface area contributed by atoms with Crippen LogP contribution in [-0.4, -0.2) is 22.4 Å². The Morgan fingerprint density at radius 1 is 1.09 bits per heavy atom. The van der Waals surface area contributed by atoms with Gasteiger partial charge in [-0.2, -0.15) is 0 Å². The fraction of sp³-hybridized carbons (Fsp3) is 0.0588. The number of nitrogens with one attached hydrogen (secondary N) is 1. The van der Waals surface area contributed by atoms with E-state index in [0.717, 1.165) is 5.56 Å². The molecule has 0 aromatic heterocycles. The summed E-state index contributed by atoms with van der Waals surface area (Å²) in [6.07, 6.45) is 3.45. The number of aldehydes is 1. The van der Waals surface area contributed by atoms with E-state index in [1.807, 2.05) is 6.92 Å². The molecule has 0 aliphatic heterocycles. The summed E-state index contributed by atoms with van der Waals surface area (Å²) in [7, 11) is 0. The number of hydrogen-bond acceptors (Lipinski definition) is 4. The number of aromatic hydroxyl groups is 2. The lowest BCUT2D eigenvalue weighted by atomic mass is 10.1. The first-order chi connectivity index (χ1) is 10.5. The number of benzene rings is 2. The lowest BCUT2D eigenvalue weighted by Crippen LogP contribution is -2.09. The van der Waals surface area contributed by atoms with Gasteiger partial charge in [0.2, 0.25) is 5.91 Å². The molecule has 5 heteroatoms. The average molecular weight is 297 g/mol. The molecule has 0 heterocycles.